The van der Waals surface area contributed by atoms with Crippen LogP contribution in [-0.2, 0) is 9.59 Å². The molecule has 1 saturated carbocycles. The summed E-state index contributed by atoms with van der Waals surface area (Å²) in [5.74, 6) is -1.08. The number of nitrogens with one attached hydrogen (secondary N) is 1. The highest BCUT2D eigenvalue weighted by Gasteiger charge is 2.43. The number of amides is 2. The number of fused-ring (bicyclic) bond motifs is 1. The second-order valence-corrected chi connectivity index (χ2v) is 7.58. The van der Waals surface area contributed by atoms with Crippen molar-refractivity contribution in [3.8, 4) is 0 Å². The van der Waals surface area contributed by atoms with E-state index in [1.54, 1.807) is 12.1 Å². The summed E-state index contributed by atoms with van der Waals surface area (Å²) >= 11 is 5.99. The maximum atomic E-state index is 13.1. The van der Waals surface area contributed by atoms with Crippen LogP contribution in [0.15, 0.2) is 36.8 Å². The Morgan fingerprint density at radius 1 is 1.25 bits per heavy atom. The SMILES string of the molecule is O=C1C(=O)N(C(CC2CCCC2)C(=O)Nc2cnccn2)c2ccc(Cl)cc21. The fourth-order valence-corrected chi connectivity index (χ4v) is 4.18. The van der Waals surface area contributed by atoms with E-state index >= 15 is 0 Å². The Morgan fingerprint density at radius 2 is 2.04 bits per heavy atom. The van der Waals surface area contributed by atoms with Crippen LogP contribution < -0.4 is 10.2 Å². The molecule has 2 aromatic rings. The second kappa shape index (κ2) is 7.67. The van der Waals surface area contributed by atoms with Crippen molar-refractivity contribution in [3.05, 3.63) is 47.4 Å². The standard InChI is InChI=1S/C20H19ClN4O3/c21-13-5-6-15-14(10-13)18(26)20(28)25(15)16(9-12-3-1-2-4-12)19(27)24-17-11-22-7-8-23-17/h5-8,10-12,16H,1-4,9H2,(H,23,24,27). The lowest BCUT2D eigenvalue weighted by Gasteiger charge is -2.29. The lowest BCUT2D eigenvalue weighted by Crippen LogP contribution is -2.48. The zero-order chi connectivity index (χ0) is 19.7. The number of benzene rings is 1. The first-order valence-electron chi connectivity index (χ1n) is 9.29. The summed E-state index contributed by atoms with van der Waals surface area (Å²) in [6.45, 7) is 0. The van der Waals surface area contributed by atoms with Gasteiger partial charge < -0.3 is 5.32 Å². The molecule has 1 aliphatic carbocycles. The Bertz CT molecular complexity index is 928. The van der Waals surface area contributed by atoms with Gasteiger partial charge in [0.15, 0.2) is 5.82 Å². The van der Waals surface area contributed by atoms with E-state index in [2.05, 4.69) is 15.3 Å². The predicted molar refractivity (Wildman–Crippen MR) is 104 cm³/mol. The molecule has 0 radical (unpaired) electrons. The molecule has 1 unspecified atom stereocenters. The molecule has 2 heterocycles. The smallest absolute Gasteiger partial charge is 0.300 e. The van der Waals surface area contributed by atoms with E-state index in [9.17, 15) is 14.4 Å². The van der Waals surface area contributed by atoms with Gasteiger partial charge in [-0.2, -0.15) is 0 Å². The van der Waals surface area contributed by atoms with Crippen LogP contribution in [0.3, 0.4) is 0 Å². The molecular weight excluding hydrogens is 380 g/mol. The quantitative estimate of drug-likeness (QED) is 0.780. The Labute approximate surface area is 167 Å². The van der Waals surface area contributed by atoms with E-state index < -0.39 is 17.7 Å². The van der Waals surface area contributed by atoms with Crippen LogP contribution in [0.25, 0.3) is 0 Å². The van der Waals surface area contributed by atoms with E-state index in [-0.39, 0.29) is 11.5 Å². The highest BCUT2D eigenvalue weighted by molar-refractivity contribution is 6.53. The summed E-state index contributed by atoms with van der Waals surface area (Å²) in [6.07, 6.45) is 9.17. The average Bonchev–Trinajstić information content (AvgIpc) is 3.29. The van der Waals surface area contributed by atoms with Crippen LogP contribution >= 0.6 is 11.6 Å². The van der Waals surface area contributed by atoms with Crippen molar-refractivity contribution in [2.24, 2.45) is 5.92 Å². The maximum Gasteiger partial charge on any atom is 0.300 e. The van der Waals surface area contributed by atoms with Crippen LogP contribution in [0.2, 0.25) is 5.02 Å². The molecule has 144 valence electrons. The third-order valence-corrected chi connectivity index (χ3v) is 5.57. The monoisotopic (exact) mass is 398 g/mol. The second-order valence-electron chi connectivity index (χ2n) is 7.15. The molecule has 28 heavy (non-hydrogen) atoms. The first-order chi connectivity index (χ1) is 13.5. The van der Waals surface area contributed by atoms with Crippen molar-refractivity contribution in [2.45, 2.75) is 38.1 Å². The van der Waals surface area contributed by atoms with Crippen molar-refractivity contribution >= 4 is 40.7 Å². The molecule has 1 aromatic carbocycles. The fourth-order valence-electron chi connectivity index (χ4n) is 4.01. The number of Topliss-reactive ketones (excluding diaryl/α,β-unsaturated/α-hetero) is 1. The summed E-state index contributed by atoms with van der Waals surface area (Å²) in [7, 11) is 0. The Kier molecular flexibility index (Phi) is 5.09. The minimum Gasteiger partial charge on any atom is -0.308 e. The first kappa shape index (κ1) is 18.6. The topological polar surface area (TPSA) is 92.3 Å². The van der Waals surface area contributed by atoms with Gasteiger partial charge in [0.25, 0.3) is 11.7 Å². The van der Waals surface area contributed by atoms with Crippen molar-refractivity contribution in [2.75, 3.05) is 10.2 Å². The van der Waals surface area contributed by atoms with Crippen LogP contribution in [0, 0.1) is 5.92 Å². The molecule has 8 heteroatoms. The number of ketones is 1. The van der Waals surface area contributed by atoms with Crippen molar-refractivity contribution < 1.29 is 14.4 Å². The number of hydrogen-bond donors (Lipinski definition) is 1. The molecule has 7 nitrogen and oxygen atoms in total. The van der Waals surface area contributed by atoms with Gasteiger partial charge in [-0.15, -0.1) is 0 Å². The summed E-state index contributed by atoms with van der Waals surface area (Å²) in [4.78, 5) is 47.7. The van der Waals surface area contributed by atoms with Gasteiger partial charge in [-0.25, -0.2) is 4.98 Å². The van der Waals surface area contributed by atoms with Gasteiger partial charge >= 0.3 is 0 Å². The average molecular weight is 399 g/mol. The minimum atomic E-state index is -0.802. The fraction of sp³-hybridized carbons (Fsp3) is 0.350. The number of hydrogen-bond acceptors (Lipinski definition) is 5. The highest BCUT2D eigenvalue weighted by Crippen LogP contribution is 2.37. The summed E-state index contributed by atoms with van der Waals surface area (Å²) < 4.78 is 0. The molecule has 0 bridgehead atoms. The van der Waals surface area contributed by atoms with Crippen molar-refractivity contribution in [3.63, 3.8) is 0 Å². The number of anilines is 2. The molecule has 0 saturated heterocycles. The summed E-state index contributed by atoms with van der Waals surface area (Å²) in [5, 5.41) is 3.10. The zero-order valence-corrected chi connectivity index (χ0v) is 15.9. The molecule has 2 aliphatic rings. The van der Waals surface area contributed by atoms with Gasteiger partial charge in [-0.3, -0.25) is 24.3 Å². The Morgan fingerprint density at radius 3 is 2.75 bits per heavy atom. The summed E-state index contributed by atoms with van der Waals surface area (Å²) in [6, 6.07) is 3.91. The third-order valence-electron chi connectivity index (χ3n) is 5.34. The lowest BCUT2D eigenvalue weighted by molar-refractivity contribution is -0.121. The number of carbonyl (C=O) groups is 3. The number of nitrogens with zero attached hydrogens (tertiary/aromatic N) is 3. The molecule has 1 atom stereocenters. The largest absolute Gasteiger partial charge is 0.308 e. The molecular formula is C20H19ClN4O3. The van der Waals surface area contributed by atoms with Gasteiger partial charge in [-0.05, 0) is 30.5 Å². The highest BCUT2D eigenvalue weighted by atomic mass is 35.5. The lowest BCUT2D eigenvalue weighted by atomic mass is 9.96. The third kappa shape index (κ3) is 3.49. The van der Waals surface area contributed by atoms with Gasteiger partial charge in [0, 0.05) is 17.4 Å². The maximum absolute atomic E-state index is 13.1. The zero-order valence-electron chi connectivity index (χ0n) is 15.1. The normalized spacial score (nSPS) is 17.7. The predicted octanol–water partition coefficient (Wildman–Crippen LogP) is 3.25. The molecule has 2 amide bonds. The minimum absolute atomic E-state index is 0.237. The van der Waals surface area contributed by atoms with Crippen LogP contribution in [0.5, 0.6) is 0 Å². The van der Waals surface area contributed by atoms with E-state index in [0.29, 0.717) is 28.9 Å². The van der Waals surface area contributed by atoms with Gasteiger partial charge in [0.1, 0.15) is 6.04 Å². The number of carbonyl (C=O) groups excluding carboxylic acids is 3. The number of rotatable bonds is 5. The molecule has 4 rings (SSSR count). The molecule has 1 N–H and O–H groups in total. The van der Waals surface area contributed by atoms with Crippen LogP contribution in [0.1, 0.15) is 42.5 Å². The Hall–Kier alpha value is -2.80. The summed E-state index contributed by atoms with van der Waals surface area (Å²) in [5.41, 5.74) is 0.665. The Balaban J connectivity index is 1.68. The first-order valence-corrected chi connectivity index (χ1v) is 9.66. The van der Waals surface area contributed by atoms with Crippen molar-refractivity contribution in [1.29, 1.82) is 0 Å². The molecule has 1 fully saturated rings. The van der Waals surface area contributed by atoms with Gasteiger partial charge in [-0.1, -0.05) is 37.3 Å². The molecule has 1 aliphatic heterocycles. The number of halogens is 1. The van der Waals surface area contributed by atoms with E-state index in [1.165, 1.54) is 29.6 Å². The number of aromatic nitrogens is 2. The van der Waals surface area contributed by atoms with Crippen molar-refractivity contribution in [1.82, 2.24) is 9.97 Å². The van der Waals surface area contributed by atoms with E-state index in [1.807, 2.05) is 0 Å². The van der Waals surface area contributed by atoms with Gasteiger partial charge in [0.2, 0.25) is 5.91 Å². The van der Waals surface area contributed by atoms with Crippen LogP contribution in [-0.4, -0.2) is 33.6 Å². The van der Waals surface area contributed by atoms with E-state index in [0.717, 1.165) is 25.7 Å². The molecule has 1 aromatic heterocycles. The van der Waals surface area contributed by atoms with Gasteiger partial charge in [0.05, 0.1) is 17.4 Å². The molecule has 0 spiro atoms. The van der Waals surface area contributed by atoms with Crippen LogP contribution in [0.4, 0.5) is 11.5 Å². The van der Waals surface area contributed by atoms with E-state index in [4.69, 9.17) is 11.6 Å².